The molecule has 0 aliphatic rings. The van der Waals surface area contributed by atoms with E-state index in [1.165, 1.54) is 0 Å². The fourth-order valence-electron chi connectivity index (χ4n) is 2.77. The number of hydrogen-bond donors (Lipinski definition) is 2. The number of phenolic OH excluding ortho intramolecular Hbond substituents is 1. The number of aromatic hydroxyl groups is 1. The molecule has 0 aromatic heterocycles. The highest BCUT2D eigenvalue weighted by Crippen LogP contribution is 2.32. The monoisotopic (exact) mass is 331 g/mol. The summed E-state index contributed by atoms with van der Waals surface area (Å²) in [5, 5.41) is 20.9. The van der Waals surface area contributed by atoms with E-state index < -0.39 is 12.1 Å². The van der Waals surface area contributed by atoms with Crippen molar-refractivity contribution in [2.24, 2.45) is 4.99 Å². The van der Waals surface area contributed by atoms with Crippen LogP contribution in [-0.2, 0) is 0 Å². The largest absolute Gasteiger partial charge is 0.507 e. The Bertz CT molecular complexity index is 844. The summed E-state index contributed by atoms with van der Waals surface area (Å²) in [6.45, 7) is 1.96. The van der Waals surface area contributed by atoms with Crippen LogP contribution in [0.25, 0.3) is 0 Å². The molecule has 3 nitrogen and oxygen atoms in total. The summed E-state index contributed by atoms with van der Waals surface area (Å²) < 4.78 is 0. The molecule has 3 aromatic rings. The molecule has 0 spiro atoms. The smallest absolute Gasteiger partial charge is 0.124 e. The normalized spacial score (nSPS) is 13.7. The van der Waals surface area contributed by atoms with Crippen molar-refractivity contribution in [1.29, 1.82) is 0 Å². The summed E-state index contributed by atoms with van der Waals surface area (Å²) >= 11 is 0. The topological polar surface area (TPSA) is 52.8 Å². The highest BCUT2D eigenvalue weighted by atomic mass is 16.3. The van der Waals surface area contributed by atoms with Crippen LogP contribution in [0.5, 0.6) is 5.75 Å². The molecule has 3 aromatic carbocycles. The van der Waals surface area contributed by atoms with E-state index in [4.69, 9.17) is 0 Å². The van der Waals surface area contributed by atoms with Gasteiger partial charge in [-0.15, -0.1) is 0 Å². The van der Waals surface area contributed by atoms with Crippen molar-refractivity contribution in [3.63, 3.8) is 0 Å². The van der Waals surface area contributed by atoms with Crippen LogP contribution in [0, 0.1) is 6.92 Å². The molecule has 25 heavy (non-hydrogen) atoms. The van der Waals surface area contributed by atoms with Gasteiger partial charge in [0.2, 0.25) is 0 Å². The average Bonchev–Trinajstić information content (AvgIpc) is 2.66. The molecule has 0 radical (unpaired) electrons. The van der Waals surface area contributed by atoms with Gasteiger partial charge in [0.25, 0.3) is 0 Å². The van der Waals surface area contributed by atoms with Gasteiger partial charge in [-0.1, -0.05) is 72.3 Å². The van der Waals surface area contributed by atoms with Crippen LogP contribution in [-0.4, -0.2) is 16.4 Å². The summed E-state index contributed by atoms with van der Waals surface area (Å²) in [6, 6.07) is 24.1. The first-order chi connectivity index (χ1) is 12.1. The second-order valence-corrected chi connectivity index (χ2v) is 6.05. The van der Waals surface area contributed by atoms with Crippen LogP contribution in [0.2, 0.25) is 0 Å². The van der Waals surface area contributed by atoms with Crippen LogP contribution in [0.15, 0.2) is 83.9 Å². The fourth-order valence-corrected chi connectivity index (χ4v) is 2.77. The lowest BCUT2D eigenvalue weighted by Gasteiger charge is -2.20. The van der Waals surface area contributed by atoms with Gasteiger partial charge >= 0.3 is 0 Å². The van der Waals surface area contributed by atoms with E-state index in [0.29, 0.717) is 5.56 Å². The highest BCUT2D eigenvalue weighted by Gasteiger charge is 2.21. The predicted molar refractivity (Wildman–Crippen MR) is 101 cm³/mol. The Labute approximate surface area is 147 Å². The second kappa shape index (κ2) is 7.77. The van der Waals surface area contributed by atoms with Crippen molar-refractivity contribution in [3.8, 4) is 5.75 Å². The van der Waals surface area contributed by atoms with Crippen molar-refractivity contribution in [2.75, 3.05) is 0 Å². The average molecular weight is 331 g/mol. The fraction of sp³-hybridized carbons (Fsp3) is 0.136. The number of rotatable bonds is 5. The number of aliphatic hydroxyl groups excluding tert-OH is 1. The summed E-state index contributed by atoms with van der Waals surface area (Å²) in [7, 11) is 0. The molecule has 0 bridgehead atoms. The third-order valence-electron chi connectivity index (χ3n) is 4.14. The molecule has 3 rings (SSSR count). The summed E-state index contributed by atoms with van der Waals surface area (Å²) in [5.41, 5.74) is 3.41. The third-order valence-corrected chi connectivity index (χ3v) is 4.14. The maximum Gasteiger partial charge on any atom is 0.124 e. The van der Waals surface area contributed by atoms with Gasteiger partial charge < -0.3 is 10.2 Å². The van der Waals surface area contributed by atoms with Gasteiger partial charge in [-0.2, -0.15) is 0 Å². The SMILES string of the molecule is Cc1ccc(O)c(C=N[C@@H](c2ccccc2)[C@H](O)c2ccccc2)c1. The summed E-state index contributed by atoms with van der Waals surface area (Å²) in [4.78, 5) is 4.61. The van der Waals surface area contributed by atoms with Gasteiger partial charge in [-0.05, 0) is 30.2 Å². The van der Waals surface area contributed by atoms with Crippen molar-refractivity contribution in [1.82, 2.24) is 0 Å². The lowest BCUT2D eigenvalue weighted by molar-refractivity contribution is 0.148. The molecular weight excluding hydrogens is 310 g/mol. The predicted octanol–water partition coefficient (Wildman–Crippen LogP) is 4.59. The second-order valence-electron chi connectivity index (χ2n) is 6.05. The molecule has 0 saturated heterocycles. The molecule has 0 saturated carbocycles. The Balaban J connectivity index is 1.97. The zero-order chi connectivity index (χ0) is 17.6. The lowest BCUT2D eigenvalue weighted by Crippen LogP contribution is -2.09. The van der Waals surface area contributed by atoms with Gasteiger partial charge in [0.15, 0.2) is 0 Å². The van der Waals surface area contributed by atoms with Crippen LogP contribution in [0.1, 0.15) is 34.4 Å². The first-order valence-electron chi connectivity index (χ1n) is 8.26. The minimum Gasteiger partial charge on any atom is -0.507 e. The molecule has 126 valence electrons. The van der Waals surface area contributed by atoms with Crippen LogP contribution in [0.3, 0.4) is 0 Å². The van der Waals surface area contributed by atoms with E-state index in [-0.39, 0.29) is 5.75 Å². The van der Waals surface area contributed by atoms with Crippen LogP contribution >= 0.6 is 0 Å². The van der Waals surface area contributed by atoms with E-state index in [0.717, 1.165) is 16.7 Å². The van der Waals surface area contributed by atoms with E-state index in [1.807, 2.05) is 79.7 Å². The molecule has 0 fully saturated rings. The van der Waals surface area contributed by atoms with Crippen LogP contribution < -0.4 is 0 Å². The molecule has 0 unspecified atom stereocenters. The first kappa shape index (κ1) is 16.9. The van der Waals surface area contributed by atoms with Crippen molar-refractivity contribution in [2.45, 2.75) is 19.1 Å². The summed E-state index contributed by atoms with van der Waals surface area (Å²) in [6.07, 6.45) is 0.860. The van der Waals surface area contributed by atoms with Gasteiger partial charge in [0.05, 0.1) is 0 Å². The van der Waals surface area contributed by atoms with E-state index in [9.17, 15) is 10.2 Å². The Hall–Kier alpha value is -2.91. The van der Waals surface area contributed by atoms with Gasteiger partial charge in [0, 0.05) is 11.8 Å². The Morgan fingerprint density at radius 1 is 0.840 bits per heavy atom. The molecule has 2 atom stereocenters. The molecule has 2 N–H and O–H groups in total. The third kappa shape index (κ3) is 4.14. The van der Waals surface area contributed by atoms with Crippen molar-refractivity contribution in [3.05, 3.63) is 101 Å². The number of aliphatic hydroxyl groups is 1. The minimum atomic E-state index is -0.771. The zero-order valence-electron chi connectivity index (χ0n) is 14.1. The van der Waals surface area contributed by atoms with Crippen molar-refractivity contribution >= 4 is 6.21 Å². The molecule has 0 aliphatic carbocycles. The maximum atomic E-state index is 10.9. The number of aliphatic imine (C=N–C) groups is 1. The molecule has 0 amide bonds. The van der Waals surface area contributed by atoms with E-state index in [1.54, 1.807) is 12.3 Å². The number of phenols is 1. The summed E-state index contributed by atoms with van der Waals surface area (Å²) in [5.74, 6) is 0.176. The van der Waals surface area contributed by atoms with E-state index >= 15 is 0 Å². The quantitative estimate of drug-likeness (QED) is 0.672. The standard InChI is InChI=1S/C22H21NO2/c1-16-12-13-20(24)19(14-16)15-23-21(17-8-4-2-5-9-17)22(25)18-10-6-3-7-11-18/h2-15,21-22,24-25H,1H3/t21-,22+/m0/s1. The Morgan fingerprint density at radius 2 is 1.44 bits per heavy atom. The highest BCUT2D eigenvalue weighted by molar-refractivity contribution is 5.83. The van der Waals surface area contributed by atoms with Gasteiger partial charge in [-0.25, -0.2) is 0 Å². The first-order valence-corrected chi connectivity index (χ1v) is 8.26. The van der Waals surface area contributed by atoms with Crippen molar-refractivity contribution < 1.29 is 10.2 Å². The minimum absolute atomic E-state index is 0.176. The Morgan fingerprint density at radius 3 is 2.08 bits per heavy atom. The number of hydrogen-bond acceptors (Lipinski definition) is 3. The van der Waals surface area contributed by atoms with Gasteiger partial charge in [0.1, 0.15) is 17.9 Å². The van der Waals surface area contributed by atoms with Gasteiger partial charge in [-0.3, -0.25) is 4.99 Å². The molecule has 0 aliphatic heterocycles. The zero-order valence-corrected chi connectivity index (χ0v) is 14.1. The number of benzene rings is 3. The maximum absolute atomic E-state index is 10.9. The Kier molecular flexibility index (Phi) is 5.26. The number of nitrogens with zero attached hydrogens (tertiary/aromatic N) is 1. The molecular formula is C22H21NO2. The molecule has 3 heteroatoms. The number of aryl methyl sites for hydroxylation is 1. The van der Waals surface area contributed by atoms with Crippen LogP contribution in [0.4, 0.5) is 0 Å². The lowest BCUT2D eigenvalue weighted by atomic mass is 9.96. The molecule has 0 heterocycles. The van der Waals surface area contributed by atoms with E-state index in [2.05, 4.69) is 4.99 Å².